The van der Waals surface area contributed by atoms with E-state index in [1.54, 1.807) is 19.2 Å². The normalized spacial score (nSPS) is 12.0. The first-order valence-corrected chi connectivity index (χ1v) is 10.8. The Bertz CT molecular complexity index is 1180. The van der Waals surface area contributed by atoms with Crippen molar-refractivity contribution < 1.29 is 14.3 Å². The van der Waals surface area contributed by atoms with E-state index in [9.17, 15) is 4.79 Å². The maximum absolute atomic E-state index is 13.0. The number of rotatable bonds is 9. The molecule has 0 saturated carbocycles. The summed E-state index contributed by atoms with van der Waals surface area (Å²) in [6.07, 6.45) is 3.87. The Hall–Kier alpha value is -3.84. The lowest BCUT2D eigenvalue weighted by atomic mass is 10.1. The highest BCUT2D eigenvalue weighted by Gasteiger charge is 2.18. The molecule has 0 aliphatic carbocycles. The number of nitrogens with zero attached hydrogens (tertiary/aromatic N) is 3. The monoisotopic (exact) mass is 444 g/mol. The minimum atomic E-state index is -0.180. The summed E-state index contributed by atoms with van der Waals surface area (Å²) in [4.78, 5) is 19.7. The number of benzene rings is 2. The van der Waals surface area contributed by atoms with Crippen LogP contribution in [0.15, 0.2) is 79.1 Å². The van der Waals surface area contributed by atoms with Gasteiger partial charge in [-0.05, 0) is 56.1 Å². The summed E-state index contributed by atoms with van der Waals surface area (Å²) in [5.74, 6) is 1.15. The van der Waals surface area contributed by atoms with Gasteiger partial charge in [0.25, 0.3) is 5.91 Å². The average Bonchev–Trinajstić information content (AvgIpc) is 3.26. The fraction of sp³-hybridized carbons (Fsp3) is 0.231. The second kappa shape index (κ2) is 10.2. The first-order chi connectivity index (χ1) is 16.0. The molecule has 0 saturated heterocycles. The van der Waals surface area contributed by atoms with Crippen LogP contribution in [0, 0.1) is 0 Å². The number of aromatic nitrogens is 2. The first-order valence-electron chi connectivity index (χ1n) is 10.8. The molecule has 33 heavy (non-hydrogen) atoms. The van der Waals surface area contributed by atoms with Crippen molar-refractivity contribution in [3.05, 3.63) is 95.9 Å². The SMILES string of the molecule is COc1ccc([C@H](CNC(=O)c2ccccc2OCc2cn3ccccc3n2)N(C)C)cc1. The third-order valence-corrected chi connectivity index (χ3v) is 5.50. The molecule has 0 aliphatic rings. The van der Waals surface area contributed by atoms with Gasteiger partial charge in [-0.15, -0.1) is 0 Å². The zero-order valence-corrected chi connectivity index (χ0v) is 19.1. The molecular weight excluding hydrogens is 416 g/mol. The average molecular weight is 445 g/mol. The van der Waals surface area contributed by atoms with E-state index in [2.05, 4.69) is 15.2 Å². The molecule has 0 spiro atoms. The molecule has 170 valence electrons. The van der Waals surface area contributed by atoms with Crippen LogP contribution in [0.3, 0.4) is 0 Å². The molecule has 1 atom stereocenters. The van der Waals surface area contributed by atoms with Crippen molar-refractivity contribution in [1.82, 2.24) is 19.6 Å². The molecule has 4 rings (SSSR count). The van der Waals surface area contributed by atoms with Crippen LogP contribution in [0.5, 0.6) is 11.5 Å². The topological polar surface area (TPSA) is 68.1 Å². The van der Waals surface area contributed by atoms with Crippen LogP contribution < -0.4 is 14.8 Å². The van der Waals surface area contributed by atoms with Gasteiger partial charge < -0.3 is 24.1 Å². The van der Waals surface area contributed by atoms with Crippen molar-refractivity contribution in [3.8, 4) is 11.5 Å². The van der Waals surface area contributed by atoms with E-state index in [0.29, 0.717) is 17.9 Å². The number of carbonyl (C=O) groups excluding carboxylic acids is 1. The minimum Gasteiger partial charge on any atom is -0.497 e. The zero-order chi connectivity index (χ0) is 23.2. The Balaban J connectivity index is 1.43. The second-order valence-electron chi connectivity index (χ2n) is 7.95. The van der Waals surface area contributed by atoms with Gasteiger partial charge in [0.1, 0.15) is 23.8 Å². The maximum Gasteiger partial charge on any atom is 0.255 e. The van der Waals surface area contributed by atoms with Crippen LogP contribution in [0.4, 0.5) is 0 Å². The number of hydrogen-bond donors (Lipinski definition) is 1. The van der Waals surface area contributed by atoms with Gasteiger partial charge in [-0.1, -0.05) is 30.3 Å². The molecule has 0 aliphatic heterocycles. The van der Waals surface area contributed by atoms with Gasteiger partial charge in [0, 0.05) is 18.9 Å². The number of likely N-dealkylation sites (N-methyl/N-ethyl adjacent to an activating group) is 1. The van der Waals surface area contributed by atoms with Crippen LogP contribution in [-0.4, -0.2) is 47.9 Å². The number of nitrogens with one attached hydrogen (secondary N) is 1. The molecular formula is C26H28N4O3. The van der Waals surface area contributed by atoms with E-state index < -0.39 is 0 Å². The standard InChI is InChI=1S/C26H28N4O3/c1-29(2)23(19-11-13-21(32-3)14-12-19)16-27-26(31)22-8-4-5-9-24(22)33-18-20-17-30-15-7-6-10-25(30)28-20/h4-15,17,23H,16,18H2,1-3H3,(H,27,31)/t23-/m0/s1. The Morgan fingerprint density at radius 1 is 1.06 bits per heavy atom. The van der Waals surface area contributed by atoms with Crippen molar-refractivity contribution in [2.75, 3.05) is 27.7 Å². The fourth-order valence-electron chi connectivity index (χ4n) is 3.70. The third-order valence-electron chi connectivity index (χ3n) is 5.50. The van der Waals surface area contributed by atoms with Crippen molar-refractivity contribution in [2.45, 2.75) is 12.6 Å². The Labute approximate surface area is 193 Å². The van der Waals surface area contributed by atoms with Crippen molar-refractivity contribution in [2.24, 2.45) is 0 Å². The van der Waals surface area contributed by atoms with E-state index in [1.165, 1.54) is 0 Å². The highest BCUT2D eigenvalue weighted by Crippen LogP contribution is 2.22. The molecule has 4 aromatic rings. The number of para-hydroxylation sites is 1. The van der Waals surface area contributed by atoms with Crippen LogP contribution in [0.2, 0.25) is 0 Å². The van der Waals surface area contributed by atoms with E-state index >= 15 is 0 Å². The van der Waals surface area contributed by atoms with Gasteiger partial charge in [0.05, 0.1) is 24.4 Å². The number of ether oxygens (including phenoxy) is 2. The molecule has 0 radical (unpaired) electrons. The highest BCUT2D eigenvalue weighted by molar-refractivity contribution is 5.96. The molecule has 1 amide bonds. The molecule has 2 aromatic carbocycles. The van der Waals surface area contributed by atoms with Gasteiger partial charge in [0.15, 0.2) is 0 Å². The lowest BCUT2D eigenvalue weighted by Crippen LogP contribution is -2.34. The molecule has 0 unspecified atom stereocenters. The lowest BCUT2D eigenvalue weighted by molar-refractivity contribution is 0.0937. The van der Waals surface area contributed by atoms with Gasteiger partial charge >= 0.3 is 0 Å². The summed E-state index contributed by atoms with van der Waals surface area (Å²) in [5.41, 5.74) is 3.24. The summed E-state index contributed by atoms with van der Waals surface area (Å²) in [6.45, 7) is 0.733. The number of fused-ring (bicyclic) bond motifs is 1. The van der Waals surface area contributed by atoms with Crippen LogP contribution in [-0.2, 0) is 6.61 Å². The van der Waals surface area contributed by atoms with Crippen LogP contribution >= 0.6 is 0 Å². The third kappa shape index (κ3) is 5.32. The number of pyridine rings is 1. The molecule has 0 bridgehead atoms. The fourth-order valence-corrected chi connectivity index (χ4v) is 3.70. The number of imidazole rings is 1. The van der Waals surface area contributed by atoms with Crippen molar-refractivity contribution in [1.29, 1.82) is 0 Å². The molecule has 2 aromatic heterocycles. The van der Waals surface area contributed by atoms with E-state index in [4.69, 9.17) is 9.47 Å². The molecule has 7 nitrogen and oxygen atoms in total. The minimum absolute atomic E-state index is 0.0194. The van der Waals surface area contributed by atoms with E-state index in [0.717, 1.165) is 22.7 Å². The summed E-state index contributed by atoms with van der Waals surface area (Å²) < 4.78 is 13.2. The molecule has 2 heterocycles. The Kier molecular flexibility index (Phi) is 6.90. The molecule has 1 N–H and O–H groups in total. The molecule has 7 heteroatoms. The predicted octanol–water partition coefficient (Wildman–Crippen LogP) is 3.95. The highest BCUT2D eigenvalue weighted by atomic mass is 16.5. The number of amides is 1. The Morgan fingerprint density at radius 3 is 2.55 bits per heavy atom. The summed E-state index contributed by atoms with van der Waals surface area (Å²) in [7, 11) is 5.63. The summed E-state index contributed by atoms with van der Waals surface area (Å²) in [5, 5.41) is 3.06. The zero-order valence-electron chi connectivity index (χ0n) is 19.1. The van der Waals surface area contributed by atoms with Crippen LogP contribution in [0.1, 0.15) is 27.7 Å². The Morgan fingerprint density at radius 2 is 1.82 bits per heavy atom. The largest absolute Gasteiger partial charge is 0.497 e. The number of hydrogen-bond acceptors (Lipinski definition) is 5. The van der Waals surface area contributed by atoms with E-state index in [-0.39, 0.29) is 18.6 Å². The number of carbonyl (C=O) groups is 1. The van der Waals surface area contributed by atoms with Gasteiger partial charge in [-0.25, -0.2) is 4.98 Å². The summed E-state index contributed by atoms with van der Waals surface area (Å²) in [6, 6.07) is 21.0. The molecule has 0 fully saturated rings. The van der Waals surface area contributed by atoms with Gasteiger partial charge in [-0.2, -0.15) is 0 Å². The maximum atomic E-state index is 13.0. The van der Waals surface area contributed by atoms with Gasteiger partial charge in [-0.3, -0.25) is 4.79 Å². The summed E-state index contributed by atoms with van der Waals surface area (Å²) >= 11 is 0. The lowest BCUT2D eigenvalue weighted by Gasteiger charge is -2.25. The van der Waals surface area contributed by atoms with Crippen molar-refractivity contribution in [3.63, 3.8) is 0 Å². The predicted molar refractivity (Wildman–Crippen MR) is 128 cm³/mol. The second-order valence-corrected chi connectivity index (χ2v) is 7.95. The number of methoxy groups -OCH3 is 1. The smallest absolute Gasteiger partial charge is 0.255 e. The van der Waals surface area contributed by atoms with Crippen molar-refractivity contribution >= 4 is 11.6 Å². The van der Waals surface area contributed by atoms with Gasteiger partial charge in [0.2, 0.25) is 0 Å². The van der Waals surface area contributed by atoms with Crippen LogP contribution in [0.25, 0.3) is 5.65 Å². The quantitative estimate of drug-likeness (QED) is 0.423. The first kappa shape index (κ1) is 22.4. The van der Waals surface area contributed by atoms with E-state index in [1.807, 2.05) is 85.5 Å².